The van der Waals surface area contributed by atoms with Gasteiger partial charge in [0.2, 0.25) is 0 Å². The standard InChI is InChI=1S/C31H39N2O2Si.C27H30N2O2Si.C11H15Br.CO2.ClH/c1-20-17-21(30(34)35-31(2,3)4)11-14-24(20)29-25-15-12-22(32(5)6)18-27(25)36(9,10)28-19-23(33(7)8)13-16-26(28)29;1-17-14-18(27(30)31)8-11-21(17)26-22-12-9-19(28(2)3)15-24(22)32(6,7)25-16-20(29(4)5)10-13-23(25)26;1-8-7-9(11(2,3)4)5-6-10(8)12;2-1-3;/h11-19H,1-10H3;8-16H,1-7H3;5-7H,1-4H3;;1H/q+1;;;;. The number of allylic oxidation sites excluding steroid dienone is 10. The Morgan fingerprint density at radius 1 is 0.560 bits per heavy atom. The van der Waals surface area contributed by atoms with E-state index in [4.69, 9.17) is 14.3 Å². The maximum absolute atomic E-state index is 12.8. The number of anilines is 2. The maximum Gasteiger partial charge on any atom is 0.373 e. The number of carbonyl (C=O) groups is 2. The van der Waals surface area contributed by atoms with Gasteiger partial charge in [0.05, 0.1) is 11.1 Å². The number of aromatic carboxylic acids is 1. The van der Waals surface area contributed by atoms with Gasteiger partial charge in [0.1, 0.15) is 49.9 Å². The molecule has 0 amide bonds. The number of rotatable bonds is 6. The topological polar surface area (TPSA) is 110 Å². The van der Waals surface area contributed by atoms with Gasteiger partial charge in [-0.05, 0) is 201 Å². The predicted molar refractivity (Wildman–Crippen MR) is 354 cm³/mol. The maximum atomic E-state index is 12.8. The Morgan fingerprint density at radius 2 is 0.952 bits per heavy atom. The first-order chi connectivity index (χ1) is 38.5. The van der Waals surface area contributed by atoms with Gasteiger partial charge >= 0.3 is 18.1 Å². The molecule has 0 saturated carbocycles. The Labute approximate surface area is 516 Å². The van der Waals surface area contributed by atoms with Gasteiger partial charge in [-0.2, -0.15) is 9.59 Å². The zero-order chi connectivity index (χ0) is 62.0. The smallest absolute Gasteiger partial charge is 0.373 e. The lowest BCUT2D eigenvalue weighted by Crippen LogP contribution is -3.00. The third kappa shape index (κ3) is 14.7. The monoisotopic (exact) mass is 1250 g/mol. The minimum atomic E-state index is -1.98. The Morgan fingerprint density at radius 3 is 1.30 bits per heavy atom. The van der Waals surface area contributed by atoms with Crippen molar-refractivity contribution >= 4 is 94.5 Å². The summed E-state index contributed by atoms with van der Waals surface area (Å²) < 4.78 is 11.1. The molecule has 0 atom stereocenters. The summed E-state index contributed by atoms with van der Waals surface area (Å²) in [7, 11) is 12.8. The largest absolute Gasteiger partial charge is 1.00 e. The van der Waals surface area contributed by atoms with Gasteiger partial charge in [-0.15, -0.1) is 0 Å². The number of nitrogens with zero attached hydrogens (tertiary/aromatic N) is 4. The molecule has 84 heavy (non-hydrogen) atoms. The van der Waals surface area contributed by atoms with E-state index in [-0.39, 0.29) is 29.9 Å². The molecule has 4 aliphatic rings. The van der Waals surface area contributed by atoms with Crippen LogP contribution in [0.4, 0.5) is 11.4 Å². The SMILES string of the molecule is Cc1cc(C(=O)O)ccc1C1=C2C=CC(=[N+](C)C)C=C2[Si](C)(C)c2cc(N(C)C)ccc21.Cc1cc(C(=O)OC(C)(C)C)ccc1C1=C2C=CC(=[N+](C)C)C=C2[Si](C)(C)c2cc(N(C)C)ccc21.Cc1cc(C(C)(C)C)ccc1Br.O=C=O.[Cl-]. The van der Waals surface area contributed by atoms with Crippen LogP contribution >= 0.6 is 15.9 Å². The lowest BCUT2D eigenvalue weighted by atomic mass is 9.86. The van der Waals surface area contributed by atoms with E-state index < -0.39 is 27.7 Å². The number of halogens is 2. The number of carboxylic acids is 1. The van der Waals surface area contributed by atoms with Gasteiger partial charge in [-0.25, -0.2) is 18.7 Å². The van der Waals surface area contributed by atoms with Crippen LogP contribution in [0.5, 0.6) is 0 Å². The second kappa shape index (κ2) is 26.5. The van der Waals surface area contributed by atoms with Crippen molar-refractivity contribution in [2.45, 2.75) is 99.5 Å². The van der Waals surface area contributed by atoms with Gasteiger partial charge in [-0.1, -0.05) is 99.3 Å². The molecule has 0 radical (unpaired) electrons. The number of aryl methyl sites for hydroxylation is 3. The molecular weight excluding hydrogens is 1160 g/mol. The third-order valence-electron chi connectivity index (χ3n) is 15.7. The van der Waals surface area contributed by atoms with Crippen molar-refractivity contribution in [1.29, 1.82) is 0 Å². The minimum Gasteiger partial charge on any atom is -1.00 e. The van der Waals surface area contributed by atoms with Crippen molar-refractivity contribution in [2.24, 2.45) is 0 Å². The van der Waals surface area contributed by atoms with Gasteiger partial charge in [0, 0.05) is 68.3 Å². The van der Waals surface area contributed by atoms with E-state index in [1.54, 1.807) is 12.1 Å². The highest BCUT2D eigenvalue weighted by Crippen LogP contribution is 2.45. The molecule has 442 valence electrons. The van der Waals surface area contributed by atoms with Gasteiger partial charge < -0.3 is 32.1 Å². The molecule has 2 heterocycles. The lowest BCUT2D eigenvalue weighted by molar-refractivity contribution is -0.462. The number of ether oxygens (including phenoxy) is 1. The molecule has 0 fully saturated rings. The molecule has 5 aromatic carbocycles. The first-order valence-corrected chi connectivity index (χ1v) is 34.8. The number of esters is 1. The van der Waals surface area contributed by atoms with E-state index >= 15 is 0 Å². The van der Waals surface area contributed by atoms with Gasteiger partial charge in [0.15, 0.2) is 11.4 Å². The van der Waals surface area contributed by atoms with Crippen LogP contribution in [0.15, 0.2) is 153 Å². The number of hydrogen-bond acceptors (Lipinski definition) is 7. The summed E-state index contributed by atoms with van der Waals surface area (Å²) in [6, 6.07) is 31.7. The van der Waals surface area contributed by atoms with Crippen LogP contribution in [0.1, 0.15) is 107 Å². The summed E-state index contributed by atoms with van der Waals surface area (Å²) in [6.07, 6.45) is 13.9. The molecule has 10 nitrogen and oxygen atoms in total. The van der Waals surface area contributed by atoms with Crippen LogP contribution < -0.4 is 32.6 Å². The summed E-state index contributed by atoms with van der Waals surface area (Å²) in [5.41, 5.74) is 20.1. The molecule has 2 aliphatic carbocycles. The molecule has 0 saturated heterocycles. The molecule has 1 N–H and O–H groups in total. The van der Waals surface area contributed by atoms with Crippen molar-refractivity contribution < 1.29 is 50.6 Å². The highest BCUT2D eigenvalue weighted by molar-refractivity contribution is 9.10. The molecule has 2 aliphatic heterocycles. The molecule has 9 rings (SSSR count). The normalized spacial score (nSPS) is 15.0. The van der Waals surface area contributed by atoms with Crippen molar-refractivity contribution in [3.8, 4) is 0 Å². The Hall–Kier alpha value is -7.00. The predicted octanol–water partition coefficient (Wildman–Crippen LogP) is 10.2. The quantitative estimate of drug-likeness (QED) is 0.102. The second-order valence-electron chi connectivity index (χ2n) is 25.7. The summed E-state index contributed by atoms with van der Waals surface area (Å²) in [6.45, 7) is 28.4. The molecule has 0 bridgehead atoms. The summed E-state index contributed by atoms with van der Waals surface area (Å²) in [5.74, 6) is -1.18. The van der Waals surface area contributed by atoms with Crippen LogP contribution in [-0.4, -0.2) is 122 Å². The Bertz CT molecular complexity index is 3730. The van der Waals surface area contributed by atoms with Crippen molar-refractivity contribution in [3.63, 3.8) is 0 Å². The van der Waals surface area contributed by atoms with Crippen molar-refractivity contribution in [1.82, 2.24) is 0 Å². The Kier molecular flexibility index (Phi) is 21.4. The van der Waals surface area contributed by atoms with Crippen LogP contribution in [0.2, 0.25) is 26.2 Å². The fraction of sp³-hybridized carbons (Fsp3) is 0.329. The molecule has 0 spiro atoms. The molecule has 0 aromatic heterocycles. The van der Waals surface area contributed by atoms with E-state index in [1.807, 2.05) is 45.9 Å². The van der Waals surface area contributed by atoms with Gasteiger partial charge in [0.25, 0.3) is 0 Å². The first kappa shape index (κ1) is 67.8. The summed E-state index contributed by atoms with van der Waals surface area (Å²) in [4.78, 5) is 44.9. The molecule has 14 heteroatoms. The minimum absolute atomic E-state index is 0. The fourth-order valence-electron chi connectivity index (χ4n) is 10.9. The van der Waals surface area contributed by atoms with E-state index in [2.05, 4.69) is 249 Å². The average Bonchev–Trinajstić information content (AvgIpc) is 0.969. The van der Waals surface area contributed by atoms with Crippen LogP contribution in [0.25, 0.3) is 11.1 Å². The number of hydrogen-bond donors (Lipinski definition) is 1. The van der Waals surface area contributed by atoms with Crippen LogP contribution in [-0.2, 0) is 19.7 Å². The number of benzene rings is 5. The highest BCUT2D eigenvalue weighted by atomic mass is 79.9. The highest BCUT2D eigenvalue weighted by Gasteiger charge is 2.42. The molecule has 0 unspecified atom stereocenters. The average molecular weight is 1250 g/mol. The second-order valence-corrected chi connectivity index (χ2v) is 35.2. The van der Waals surface area contributed by atoms with Crippen LogP contribution in [0.3, 0.4) is 0 Å². The third-order valence-corrected chi connectivity index (χ3v) is 23.7. The molecule has 5 aromatic rings. The zero-order valence-corrected chi connectivity index (χ0v) is 57.5. The zero-order valence-electron chi connectivity index (χ0n) is 53.2. The van der Waals surface area contributed by atoms with Crippen molar-refractivity contribution in [3.05, 3.63) is 209 Å². The number of carboxylic acid groups (broad SMARTS) is 1. The number of carbonyl (C=O) groups excluding carboxylic acids is 3. The Balaban J connectivity index is 0.000000246. The van der Waals surface area contributed by atoms with Crippen LogP contribution in [0, 0.1) is 20.8 Å². The number of fused-ring (bicyclic) bond motifs is 4. The summed E-state index contributed by atoms with van der Waals surface area (Å²) >= 11 is 3.50. The first-order valence-electron chi connectivity index (χ1n) is 28.0. The van der Waals surface area contributed by atoms with E-state index in [1.165, 1.54) is 92.6 Å². The van der Waals surface area contributed by atoms with Crippen molar-refractivity contribution in [2.75, 3.05) is 66.2 Å². The van der Waals surface area contributed by atoms with E-state index in [0.29, 0.717) is 11.1 Å². The molecular formula is C70H85BrClN4O6Si2+. The lowest BCUT2D eigenvalue weighted by Gasteiger charge is -2.38. The summed E-state index contributed by atoms with van der Waals surface area (Å²) in [5, 5.41) is 15.2. The van der Waals surface area contributed by atoms with E-state index in [0.717, 1.165) is 22.3 Å². The fourth-order valence-corrected chi connectivity index (χ4v) is 17.3. The van der Waals surface area contributed by atoms with Gasteiger partial charge in [-0.3, -0.25) is 0 Å². The van der Waals surface area contributed by atoms with E-state index in [9.17, 15) is 14.7 Å².